The van der Waals surface area contributed by atoms with Crippen LogP contribution in [-0.2, 0) is 11.3 Å². The molecular weight excluding hydrogens is 280 g/mol. The van der Waals surface area contributed by atoms with E-state index in [1.165, 1.54) is 0 Å². The first-order valence-corrected chi connectivity index (χ1v) is 8.08. The van der Waals surface area contributed by atoms with Gasteiger partial charge >= 0.3 is 6.09 Å². The molecule has 1 aliphatic rings. The lowest BCUT2D eigenvalue weighted by Gasteiger charge is -2.40. The molecule has 1 aromatic heterocycles. The van der Waals surface area contributed by atoms with Gasteiger partial charge in [-0.15, -0.1) is 0 Å². The molecule has 2 N–H and O–H groups in total. The number of nitrogens with one attached hydrogen (secondary N) is 2. The zero-order chi connectivity index (χ0) is 16.2. The van der Waals surface area contributed by atoms with E-state index in [4.69, 9.17) is 4.74 Å². The van der Waals surface area contributed by atoms with Crippen molar-refractivity contribution in [2.75, 3.05) is 6.54 Å². The van der Waals surface area contributed by atoms with Gasteiger partial charge in [0.15, 0.2) is 0 Å². The Hall–Kier alpha value is -1.56. The Bertz CT molecular complexity index is 467. The monoisotopic (exact) mass is 308 g/mol. The molecule has 1 unspecified atom stereocenters. The lowest BCUT2D eigenvalue weighted by Crippen LogP contribution is -2.54. The fourth-order valence-electron chi connectivity index (χ4n) is 2.81. The van der Waals surface area contributed by atoms with Gasteiger partial charge in [0, 0.05) is 31.0 Å². The number of likely N-dealkylation sites (tertiary alicyclic amines) is 1. The van der Waals surface area contributed by atoms with E-state index in [0.717, 1.165) is 38.0 Å². The molecule has 0 bridgehead atoms. The van der Waals surface area contributed by atoms with Crippen LogP contribution in [0.25, 0.3) is 0 Å². The first-order chi connectivity index (χ1) is 10.4. The molecule has 2 rings (SSSR count). The predicted molar refractivity (Wildman–Crippen MR) is 85.5 cm³/mol. The van der Waals surface area contributed by atoms with Gasteiger partial charge in [-0.2, -0.15) is 5.10 Å². The summed E-state index contributed by atoms with van der Waals surface area (Å²) < 4.78 is 5.55. The summed E-state index contributed by atoms with van der Waals surface area (Å²) in [5.41, 5.74) is 0.595. The standard InChI is InChI=1S/C16H28N4O2/c1-12(17-11-13-8-9-18-19-13)14-7-5-6-10-20(14)15(21)22-16(2,3)4/h8-9,12,14,17H,5-7,10-11H2,1-4H3,(H,18,19)/t12?,14-/m0/s1. The number of carbonyl (C=O) groups excluding carboxylic acids is 1. The minimum absolute atomic E-state index is 0.173. The summed E-state index contributed by atoms with van der Waals surface area (Å²) in [5, 5.41) is 10.4. The molecule has 1 aliphatic heterocycles. The molecule has 0 aromatic carbocycles. The van der Waals surface area contributed by atoms with Crippen LogP contribution >= 0.6 is 0 Å². The summed E-state index contributed by atoms with van der Waals surface area (Å²) in [5.74, 6) is 0. The van der Waals surface area contributed by atoms with Gasteiger partial charge < -0.3 is 15.0 Å². The Morgan fingerprint density at radius 3 is 2.95 bits per heavy atom. The second kappa shape index (κ2) is 7.13. The van der Waals surface area contributed by atoms with Crippen molar-refractivity contribution in [2.45, 2.75) is 71.2 Å². The Morgan fingerprint density at radius 1 is 1.55 bits per heavy atom. The summed E-state index contributed by atoms with van der Waals surface area (Å²) >= 11 is 0. The van der Waals surface area contributed by atoms with E-state index < -0.39 is 5.60 Å². The van der Waals surface area contributed by atoms with Crippen molar-refractivity contribution in [3.63, 3.8) is 0 Å². The highest BCUT2D eigenvalue weighted by Crippen LogP contribution is 2.22. The van der Waals surface area contributed by atoms with E-state index in [2.05, 4.69) is 22.4 Å². The number of hydrogen-bond donors (Lipinski definition) is 2. The zero-order valence-electron chi connectivity index (χ0n) is 14.1. The Labute approximate surface area is 132 Å². The van der Waals surface area contributed by atoms with E-state index in [1.807, 2.05) is 31.7 Å². The minimum atomic E-state index is -0.453. The van der Waals surface area contributed by atoms with Gasteiger partial charge in [0.05, 0.1) is 6.04 Å². The molecule has 6 nitrogen and oxygen atoms in total. The van der Waals surface area contributed by atoms with Crippen LogP contribution in [0.5, 0.6) is 0 Å². The predicted octanol–water partition coefficient (Wildman–Crippen LogP) is 2.68. The van der Waals surface area contributed by atoms with Crippen molar-refractivity contribution in [1.82, 2.24) is 20.4 Å². The first kappa shape index (κ1) is 16.8. The molecule has 1 saturated heterocycles. The third kappa shape index (κ3) is 4.73. The molecule has 0 radical (unpaired) electrons. The van der Waals surface area contributed by atoms with Crippen molar-refractivity contribution < 1.29 is 9.53 Å². The fraction of sp³-hybridized carbons (Fsp3) is 0.750. The molecule has 124 valence electrons. The van der Waals surface area contributed by atoms with E-state index in [9.17, 15) is 4.79 Å². The molecule has 1 amide bonds. The van der Waals surface area contributed by atoms with Gasteiger partial charge in [0.25, 0.3) is 0 Å². The van der Waals surface area contributed by atoms with Crippen LogP contribution in [0, 0.1) is 0 Å². The van der Waals surface area contributed by atoms with Gasteiger partial charge in [-0.25, -0.2) is 4.79 Å². The number of aromatic nitrogens is 2. The molecule has 22 heavy (non-hydrogen) atoms. The van der Waals surface area contributed by atoms with Crippen molar-refractivity contribution in [3.8, 4) is 0 Å². The van der Waals surface area contributed by atoms with E-state index in [-0.39, 0.29) is 18.2 Å². The number of aromatic amines is 1. The van der Waals surface area contributed by atoms with Gasteiger partial charge in [0.2, 0.25) is 0 Å². The number of H-pyrrole nitrogens is 1. The van der Waals surface area contributed by atoms with Crippen molar-refractivity contribution in [1.29, 1.82) is 0 Å². The summed E-state index contributed by atoms with van der Waals surface area (Å²) in [6.07, 6.45) is 4.75. The highest BCUT2D eigenvalue weighted by Gasteiger charge is 2.33. The molecular formula is C16H28N4O2. The maximum atomic E-state index is 12.4. The number of amides is 1. The van der Waals surface area contributed by atoms with Crippen LogP contribution in [0.2, 0.25) is 0 Å². The van der Waals surface area contributed by atoms with E-state index >= 15 is 0 Å². The lowest BCUT2D eigenvalue weighted by atomic mass is 9.97. The average molecular weight is 308 g/mol. The zero-order valence-corrected chi connectivity index (χ0v) is 14.1. The van der Waals surface area contributed by atoms with E-state index in [0.29, 0.717) is 0 Å². The number of nitrogens with zero attached hydrogens (tertiary/aromatic N) is 2. The summed E-state index contributed by atoms with van der Waals surface area (Å²) in [4.78, 5) is 14.3. The second-order valence-corrected chi connectivity index (χ2v) is 6.99. The lowest BCUT2D eigenvalue weighted by molar-refractivity contribution is 0.00552. The SMILES string of the molecule is CC(NCc1ccn[nH]1)[C@@H]1CCCCN1C(=O)OC(C)(C)C. The van der Waals surface area contributed by atoms with Crippen LogP contribution < -0.4 is 5.32 Å². The second-order valence-electron chi connectivity index (χ2n) is 6.99. The van der Waals surface area contributed by atoms with Gasteiger partial charge in [-0.05, 0) is 53.0 Å². The van der Waals surface area contributed by atoms with Gasteiger partial charge in [-0.3, -0.25) is 5.10 Å². The topological polar surface area (TPSA) is 70.2 Å². The van der Waals surface area contributed by atoms with Crippen LogP contribution in [0.15, 0.2) is 12.3 Å². The maximum Gasteiger partial charge on any atom is 0.410 e. The number of rotatable bonds is 4. The molecule has 0 spiro atoms. The van der Waals surface area contributed by atoms with Crippen LogP contribution in [0.1, 0.15) is 52.7 Å². The molecule has 2 atom stereocenters. The quantitative estimate of drug-likeness (QED) is 0.897. The molecule has 2 heterocycles. The highest BCUT2D eigenvalue weighted by atomic mass is 16.6. The average Bonchev–Trinajstić information content (AvgIpc) is 2.96. The molecule has 0 saturated carbocycles. The number of ether oxygens (including phenoxy) is 1. The number of hydrogen-bond acceptors (Lipinski definition) is 4. The Kier molecular flexibility index (Phi) is 5.45. The Balaban J connectivity index is 1.94. The van der Waals surface area contributed by atoms with Gasteiger partial charge in [-0.1, -0.05) is 0 Å². The van der Waals surface area contributed by atoms with Crippen LogP contribution in [0.3, 0.4) is 0 Å². The molecule has 1 fully saturated rings. The van der Waals surface area contributed by atoms with Crippen molar-refractivity contribution in [3.05, 3.63) is 18.0 Å². The minimum Gasteiger partial charge on any atom is -0.444 e. The number of piperidine rings is 1. The highest BCUT2D eigenvalue weighted by molar-refractivity contribution is 5.68. The van der Waals surface area contributed by atoms with Crippen LogP contribution in [-0.4, -0.2) is 45.4 Å². The first-order valence-electron chi connectivity index (χ1n) is 8.08. The molecule has 1 aromatic rings. The van der Waals surface area contributed by atoms with Crippen LogP contribution in [0.4, 0.5) is 4.79 Å². The Morgan fingerprint density at radius 2 is 2.32 bits per heavy atom. The summed E-state index contributed by atoms with van der Waals surface area (Å²) in [6.45, 7) is 9.34. The molecule has 0 aliphatic carbocycles. The summed E-state index contributed by atoms with van der Waals surface area (Å²) in [7, 11) is 0. The maximum absolute atomic E-state index is 12.4. The largest absolute Gasteiger partial charge is 0.444 e. The fourth-order valence-corrected chi connectivity index (χ4v) is 2.81. The summed E-state index contributed by atoms with van der Waals surface area (Å²) in [6, 6.07) is 2.33. The third-order valence-corrected chi connectivity index (χ3v) is 3.93. The van der Waals surface area contributed by atoms with Gasteiger partial charge in [0.1, 0.15) is 5.60 Å². The third-order valence-electron chi connectivity index (χ3n) is 3.93. The van der Waals surface area contributed by atoms with E-state index in [1.54, 1.807) is 6.20 Å². The van der Waals surface area contributed by atoms with Crippen molar-refractivity contribution >= 4 is 6.09 Å². The molecule has 6 heteroatoms. The van der Waals surface area contributed by atoms with Crippen molar-refractivity contribution in [2.24, 2.45) is 0 Å². The normalized spacial score (nSPS) is 20.7. The number of carbonyl (C=O) groups is 1. The smallest absolute Gasteiger partial charge is 0.410 e.